The first-order valence-electron chi connectivity index (χ1n) is 8.57. The van der Waals surface area contributed by atoms with Crippen LogP contribution < -0.4 is 5.73 Å². The zero-order valence-corrected chi connectivity index (χ0v) is 17.9. The fraction of sp³-hybridized carbons (Fsp3) is 0.667. The average molecular weight is 438 g/mol. The molecule has 0 amide bonds. The van der Waals surface area contributed by atoms with Gasteiger partial charge in [0.1, 0.15) is 5.52 Å². The first-order chi connectivity index (χ1) is 12.8. The number of rotatable bonds is 9. The van der Waals surface area contributed by atoms with Crippen LogP contribution in [-0.4, -0.2) is 53.3 Å². The number of nitrogens with zero attached hydrogens (tertiary/aromatic N) is 4. The highest BCUT2D eigenvalue weighted by Gasteiger charge is 2.54. The molecule has 0 fully saturated rings. The molecule has 0 aliphatic heterocycles. The van der Waals surface area contributed by atoms with Crippen LogP contribution in [0, 0.1) is 0 Å². The number of halogens is 1. The molecule has 0 aromatic carbocycles. The topological polar surface area (TPSA) is 155 Å². The van der Waals surface area contributed by atoms with Crippen LogP contribution in [0.3, 0.4) is 0 Å². The summed E-state index contributed by atoms with van der Waals surface area (Å²) in [6.07, 6.45) is -0.452. The zero-order valence-electron chi connectivity index (χ0n) is 16.2. The summed E-state index contributed by atoms with van der Waals surface area (Å²) in [4.78, 5) is 31.9. The predicted molar refractivity (Wildman–Crippen MR) is 103 cm³/mol. The number of ether oxygens (including phenoxy) is 3. The molecule has 11 nitrogen and oxygen atoms in total. The van der Waals surface area contributed by atoms with Crippen molar-refractivity contribution in [2.24, 2.45) is 0 Å². The Hall–Kier alpha value is -1.33. The Balaban J connectivity index is 2.33. The van der Waals surface area contributed by atoms with E-state index in [1.165, 1.54) is 6.33 Å². The molecule has 13 heteroatoms. The van der Waals surface area contributed by atoms with Gasteiger partial charge in [-0.1, -0.05) is 11.6 Å². The minimum absolute atomic E-state index is 0.0244. The largest absolute Gasteiger partial charge is 0.415 e. The normalized spacial score (nSPS) is 14.4. The molecule has 0 radical (unpaired) electrons. The Kier molecular flexibility index (Phi) is 7.03. The molecule has 2 aromatic heterocycles. The van der Waals surface area contributed by atoms with Crippen LogP contribution in [0.2, 0.25) is 5.15 Å². The number of nitrogens with two attached hydrogens (primary N) is 1. The van der Waals surface area contributed by atoms with E-state index in [2.05, 4.69) is 15.0 Å². The molecule has 0 bridgehead atoms. The Labute approximate surface area is 167 Å². The van der Waals surface area contributed by atoms with Gasteiger partial charge in [0.05, 0.1) is 31.2 Å². The van der Waals surface area contributed by atoms with E-state index in [9.17, 15) is 14.4 Å². The van der Waals surface area contributed by atoms with Gasteiger partial charge in [-0.3, -0.25) is 4.57 Å². The Bertz CT molecular complexity index is 860. The fourth-order valence-electron chi connectivity index (χ4n) is 2.51. The lowest BCUT2D eigenvalue weighted by atomic mass is 10.4. The monoisotopic (exact) mass is 437 g/mol. The Morgan fingerprint density at radius 1 is 1.18 bits per heavy atom. The van der Waals surface area contributed by atoms with Gasteiger partial charge < -0.3 is 34.3 Å². The molecule has 0 aliphatic rings. The van der Waals surface area contributed by atoms with Crippen LogP contribution >= 0.6 is 19.2 Å². The summed E-state index contributed by atoms with van der Waals surface area (Å²) in [6, 6.07) is 0. The van der Waals surface area contributed by atoms with Crippen molar-refractivity contribution in [3.05, 3.63) is 11.5 Å². The molecule has 1 atom stereocenters. The first kappa shape index (κ1) is 23.0. The molecular weight excluding hydrogens is 413 g/mol. The van der Waals surface area contributed by atoms with Crippen LogP contribution in [0.15, 0.2) is 6.33 Å². The molecule has 0 saturated heterocycles. The second-order valence-corrected chi connectivity index (χ2v) is 8.77. The van der Waals surface area contributed by atoms with E-state index in [0.29, 0.717) is 11.2 Å². The third-order valence-corrected chi connectivity index (χ3v) is 4.66. The van der Waals surface area contributed by atoms with Gasteiger partial charge in [0.2, 0.25) is 5.95 Å². The maximum absolute atomic E-state index is 12.2. The van der Waals surface area contributed by atoms with E-state index in [0.717, 1.165) is 0 Å². The van der Waals surface area contributed by atoms with Crippen molar-refractivity contribution in [3.63, 3.8) is 0 Å². The SMILES string of the molecule is CC(C)OC(OC(C)C)(O[C@H](C)Cn1cnc2c(Cl)nc(N)nc21)P(=O)(O)O. The molecule has 0 unspecified atom stereocenters. The minimum Gasteiger partial charge on any atom is -0.368 e. The molecule has 28 heavy (non-hydrogen) atoms. The van der Waals surface area contributed by atoms with E-state index in [4.69, 9.17) is 31.5 Å². The van der Waals surface area contributed by atoms with Gasteiger partial charge in [-0.05, 0) is 34.6 Å². The molecule has 0 aliphatic carbocycles. The zero-order chi connectivity index (χ0) is 21.3. The number of anilines is 1. The average Bonchev–Trinajstić information content (AvgIpc) is 2.87. The van der Waals surface area contributed by atoms with Crippen molar-refractivity contribution >= 4 is 36.3 Å². The van der Waals surface area contributed by atoms with E-state index in [-0.39, 0.29) is 17.6 Å². The standard InChI is InChI=1S/C15H25ClN5O6P/c1-8(2)25-15(26-9(3)4,28(22,23)24)27-10(5)6-21-7-18-11-12(16)19-14(17)20-13(11)21/h7-10H,6H2,1-5H3,(H2,17,19,20)(H2,22,23,24)/t10-/m1/s1. The van der Waals surface area contributed by atoms with Gasteiger partial charge in [-0.2, -0.15) is 9.97 Å². The molecule has 2 heterocycles. The highest BCUT2D eigenvalue weighted by atomic mass is 35.5. The number of aromatic nitrogens is 4. The van der Waals surface area contributed by atoms with Crippen LogP contribution in [0.4, 0.5) is 5.95 Å². The summed E-state index contributed by atoms with van der Waals surface area (Å²) < 4.78 is 30.3. The number of fused-ring (bicyclic) bond motifs is 1. The summed E-state index contributed by atoms with van der Waals surface area (Å²) in [5.74, 6) is -0.0244. The molecule has 2 rings (SSSR count). The lowest BCUT2D eigenvalue weighted by Crippen LogP contribution is -2.45. The third-order valence-electron chi connectivity index (χ3n) is 3.37. The van der Waals surface area contributed by atoms with Crippen molar-refractivity contribution in [1.29, 1.82) is 0 Å². The van der Waals surface area contributed by atoms with Gasteiger partial charge in [-0.25, -0.2) is 4.98 Å². The van der Waals surface area contributed by atoms with Crippen LogP contribution in [0.25, 0.3) is 11.2 Å². The fourth-order valence-corrected chi connectivity index (χ4v) is 3.75. The van der Waals surface area contributed by atoms with Crippen molar-refractivity contribution in [1.82, 2.24) is 19.5 Å². The molecule has 0 spiro atoms. The quantitative estimate of drug-likeness (QED) is 0.301. The smallest absolute Gasteiger partial charge is 0.368 e. The molecule has 0 saturated carbocycles. The van der Waals surface area contributed by atoms with Crippen LogP contribution in [-0.2, 0) is 25.3 Å². The van der Waals surface area contributed by atoms with Gasteiger partial charge in [-0.15, -0.1) is 0 Å². The second kappa shape index (κ2) is 8.58. The van der Waals surface area contributed by atoms with Crippen molar-refractivity contribution in [2.75, 3.05) is 5.73 Å². The highest BCUT2D eigenvalue weighted by Crippen LogP contribution is 2.54. The maximum atomic E-state index is 12.2. The van der Waals surface area contributed by atoms with Crippen molar-refractivity contribution < 1.29 is 28.6 Å². The Morgan fingerprint density at radius 3 is 2.25 bits per heavy atom. The first-order valence-corrected chi connectivity index (χ1v) is 10.6. The minimum atomic E-state index is -4.98. The molecule has 4 N–H and O–H groups in total. The number of nitrogen functional groups attached to an aromatic ring is 1. The maximum Gasteiger partial charge on any atom is 0.415 e. The number of hydrogen-bond donors (Lipinski definition) is 3. The lowest BCUT2D eigenvalue weighted by molar-refractivity contribution is -0.367. The van der Waals surface area contributed by atoms with Crippen LogP contribution in [0.5, 0.6) is 0 Å². The summed E-state index contributed by atoms with van der Waals surface area (Å²) in [5.41, 5.74) is 3.80. The van der Waals surface area contributed by atoms with E-state index < -0.39 is 31.6 Å². The van der Waals surface area contributed by atoms with Crippen LogP contribution in [0.1, 0.15) is 34.6 Å². The summed E-state index contributed by atoms with van der Waals surface area (Å²) >= 11 is 6.01. The van der Waals surface area contributed by atoms with Crippen molar-refractivity contribution in [3.8, 4) is 0 Å². The van der Waals surface area contributed by atoms with E-state index in [1.807, 2.05) is 0 Å². The second-order valence-electron chi connectivity index (χ2n) is 6.77. The van der Waals surface area contributed by atoms with E-state index >= 15 is 0 Å². The van der Waals surface area contributed by atoms with Gasteiger partial charge in [0, 0.05) is 0 Å². The van der Waals surface area contributed by atoms with E-state index in [1.54, 1.807) is 39.2 Å². The van der Waals surface area contributed by atoms with Gasteiger partial charge >= 0.3 is 13.3 Å². The summed E-state index contributed by atoms with van der Waals surface area (Å²) in [7, 11) is -4.98. The van der Waals surface area contributed by atoms with Gasteiger partial charge in [0.25, 0.3) is 0 Å². The molecular formula is C15H25ClN5O6P. The summed E-state index contributed by atoms with van der Waals surface area (Å²) in [5, 5.41) is 0.102. The predicted octanol–water partition coefficient (Wildman–Crippen LogP) is 2.11. The molecule has 2 aromatic rings. The lowest BCUT2D eigenvalue weighted by Gasteiger charge is -2.37. The summed E-state index contributed by atoms with van der Waals surface area (Å²) in [6.45, 7) is 8.20. The number of imidazole rings is 1. The highest BCUT2D eigenvalue weighted by molar-refractivity contribution is 7.52. The molecule has 158 valence electrons. The van der Waals surface area contributed by atoms with Gasteiger partial charge in [0.15, 0.2) is 10.8 Å². The Morgan fingerprint density at radius 2 is 1.75 bits per heavy atom. The number of hydrogen-bond acceptors (Lipinski definition) is 8. The third kappa shape index (κ3) is 5.18. The van der Waals surface area contributed by atoms with Crippen molar-refractivity contribution in [2.45, 2.75) is 65.2 Å².